The molecule has 0 spiro atoms. The van der Waals surface area contributed by atoms with Gasteiger partial charge < -0.3 is 15.4 Å². The molecule has 1 fully saturated rings. The highest BCUT2D eigenvalue weighted by Gasteiger charge is 2.23. The van der Waals surface area contributed by atoms with Gasteiger partial charge in [0, 0.05) is 26.1 Å². The van der Waals surface area contributed by atoms with Crippen LogP contribution in [-0.2, 0) is 4.74 Å². The van der Waals surface area contributed by atoms with Gasteiger partial charge in [0.15, 0.2) is 0 Å². The number of amidine groups is 1. The predicted octanol–water partition coefficient (Wildman–Crippen LogP) is 0.527. The maximum Gasteiger partial charge on any atom is 0.0947 e. The van der Waals surface area contributed by atoms with Crippen molar-refractivity contribution in [1.82, 2.24) is 4.90 Å². The normalized spacial score (nSPS) is 25.1. The van der Waals surface area contributed by atoms with Gasteiger partial charge >= 0.3 is 0 Å². The van der Waals surface area contributed by atoms with E-state index < -0.39 is 0 Å². The number of ether oxygens (including phenoxy) is 1. The first-order valence-electron chi connectivity index (χ1n) is 5.18. The van der Waals surface area contributed by atoms with E-state index in [4.69, 9.17) is 15.9 Å². The van der Waals surface area contributed by atoms with E-state index in [-0.39, 0.29) is 5.92 Å². The molecule has 1 heterocycles. The van der Waals surface area contributed by atoms with Gasteiger partial charge in [0.25, 0.3) is 0 Å². The van der Waals surface area contributed by atoms with Gasteiger partial charge in [0.2, 0.25) is 0 Å². The third-order valence-corrected chi connectivity index (χ3v) is 2.84. The summed E-state index contributed by atoms with van der Waals surface area (Å²) in [5.41, 5.74) is 5.44. The maximum atomic E-state index is 7.32. The standard InChI is InChI=1S/C10H21N3O/c1-8(10(11)12)5-13-4-3-9(6-13)7-14-2/h8-9H,3-7H2,1-2H3,(H3,11,12). The van der Waals surface area contributed by atoms with E-state index in [1.165, 1.54) is 6.42 Å². The second-order valence-corrected chi connectivity index (χ2v) is 4.23. The Morgan fingerprint density at radius 2 is 2.43 bits per heavy atom. The molecular formula is C10H21N3O. The van der Waals surface area contributed by atoms with Crippen molar-refractivity contribution in [3.05, 3.63) is 0 Å². The fourth-order valence-electron chi connectivity index (χ4n) is 1.94. The molecule has 0 aromatic carbocycles. The molecule has 2 atom stereocenters. The molecule has 4 nitrogen and oxygen atoms in total. The lowest BCUT2D eigenvalue weighted by Gasteiger charge is -2.19. The quantitative estimate of drug-likeness (QED) is 0.501. The average molecular weight is 199 g/mol. The predicted molar refractivity (Wildman–Crippen MR) is 57.5 cm³/mol. The van der Waals surface area contributed by atoms with Crippen molar-refractivity contribution >= 4 is 5.84 Å². The van der Waals surface area contributed by atoms with Crippen LogP contribution in [0.3, 0.4) is 0 Å². The van der Waals surface area contributed by atoms with Crippen LogP contribution in [0.1, 0.15) is 13.3 Å². The van der Waals surface area contributed by atoms with Crippen molar-refractivity contribution in [3.63, 3.8) is 0 Å². The molecule has 0 aromatic rings. The minimum absolute atomic E-state index is 0.177. The third-order valence-electron chi connectivity index (χ3n) is 2.84. The summed E-state index contributed by atoms with van der Waals surface area (Å²) in [6.45, 7) is 5.98. The van der Waals surface area contributed by atoms with Crippen LogP contribution in [-0.4, -0.2) is 44.1 Å². The summed E-state index contributed by atoms with van der Waals surface area (Å²) in [5.74, 6) is 1.13. The lowest BCUT2D eigenvalue weighted by molar-refractivity contribution is 0.152. The lowest BCUT2D eigenvalue weighted by atomic mass is 10.1. The van der Waals surface area contributed by atoms with Crippen LogP contribution in [0.15, 0.2) is 0 Å². The van der Waals surface area contributed by atoms with E-state index in [9.17, 15) is 0 Å². The fourth-order valence-corrected chi connectivity index (χ4v) is 1.94. The number of rotatable bonds is 5. The van der Waals surface area contributed by atoms with Gasteiger partial charge in [-0.05, 0) is 18.9 Å². The molecule has 1 aliphatic heterocycles. The fraction of sp³-hybridized carbons (Fsp3) is 0.900. The summed E-state index contributed by atoms with van der Waals surface area (Å²) in [6, 6.07) is 0. The van der Waals surface area contributed by atoms with Crippen molar-refractivity contribution in [2.24, 2.45) is 17.6 Å². The van der Waals surface area contributed by atoms with Crippen LogP contribution >= 0.6 is 0 Å². The van der Waals surface area contributed by atoms with Crippen LogP contribution in [0, 0.1) is 17.2 Å². The zero-order valence-corrected chi connectivity index (χ0v) is 9.12. The summed E-state index contributed by atoms with van der Waals surface area (Å²) >= 11 is 0. The van der Waals surface area contributed by atoms with E-state index in [2.05, 4.69) is 4.90 Å². The van der Waals surface area contributed by atoms with Crippen LogP contribution < -0.4 is 5.73 Å². The number of nitrogens with two attached hydrogens (primary N) is 1. The Bertz CT molecular complexity index is 196. The Morgan fingerprint density at radius 1 is 1.71 bits per heavy atom. The minimum Gasteiger partial charge on any atom is -0.387 e. The van der Waals surface area contributed by atoms with Crippen LogP contribution in [0.5, 0.6) is 0 Å². The van der Waals surface area contributed by atoms with Crippen molar-refractivity contribution in [2.75, 3.05) is 33.4 Å². The molecule has 1 rings (SSSR count). The number of nitrogens with one attached hydrogen (secondary N) is 1. The molecule has 0 radical (unpaired) electrons. The highest BCUT2D eigenvalue weighted by molar-refractivity contribution is 5.79. The Hall–Kier alpha value is -0.610. The van der Waals surface area contributed by atoms with Gasteiger partial charge in [-0.3, -0.25) is 5.41 Å². The summed E-state index contributed by atoms with van der Waals surface area (Å²) in [6.07, 6.45) is 1.21. The zero-order valence-electron chi connectivity index (χ0n) is 9.12. The topological polar surface area (TPSA) is 62.3 Å². The highest BCUT2D eigenvalue weighted by atomic mass is 16.5. The monoisotopic (exact) mass is 199 g/mol. The van der Waals surface area contributed by atoms with Crippen molar-refractivity contribution in [1.29, 1.82) is 5.41 Å². The number of hydrogen-bond donors (Lipinski definition) is 2. The van der Waals surface area contributed by atoms with Crippen LogP contribution in [0.2, 0.25) is 0 Å². The summed E-state index contributed by atoms with van der Waals surface area (Å²) < 4.78 is 5.13. The smallest absolute Gasteiger partial charge is 0.0947 e. The lowest BCUT2D eigenvalue weighted by Crippen LogP contribution is -2.33. The van der Waals surface area contributed by atoms with Crippen LogP contribution in [0.25, 0.3) is 0 Å². The molecule has 0 saturated carbocycles. The number of nitrogens with zero attached hydrogens (tertiary/aromatic N) is 1. The van der Waals surface area contributed by atoms with Gasteiger partial charge in [-0.15, -0.1) is 0 Å². The summed E-state index contributed by atoms with van der Waals surface area (Å²) in [4.78, 5) is 2.37. The van der Waals surface area contributed by atoms with E-state index in [1.807, 2.05) is 6.92 Å². The van der Waals surface area contributed by atoms with Gasteiger partial charge in [0.1, 0.15) is 0 Å². The largest absolute Gasteiger partial charge is 0.387 e. The molecule has 14 heavy (non-hydrogen) atoms. The first-order valence-corrected chi connectivity index (χ1v) is 5.18. The molecule has 0 aliphatic carbocycles. The van der Waals surface area contributed by atoms with E-state index in [1.54, 1.807) is 7.11 Å². The van der Waals surface area contributed by atoms with Crippen LogP contribution in [0.4, 0.5) is 0 Å². The van der Waals surface area contributed by atoms with E-state index >= 15 is 0 Å². The molecule has 1 aliphatic rings. The van der Waals surface area contributed by atoms with Crippen molar-refractivity contribution in [3.8, 4) is 0 Å². The molecule has 0 aromatic heterocycles. The minimum atomic E-state index is 0.177. The van der Waals surface area contributed by atoms with Crippen molar-refractivity contribution in [2.45, 2.75) is 13.3 Å². The molecular weight excluding hydrogens is 178 g/mol. The number of likely N-dealkylation sites (tertiary alicyclic amines) is 1. The number of methoxy groups -OCH3 is 1. The van der Waals surface area contributed by atoms with Crippen molar-refractivity contribution < 1.29 is 4.74 Å². The molecule has 1 saturated heterocycles. The third kappa shape index (κ3) is 3.27. The molecule has 3 N–H and O–H groups in total. The molecule has 2 unspecified atom stereocenters. The van der Waals surface area contributed by atoms with Gasteiger partial charge in [-0.25, -0.2) is 0 Å². The molecule has 82 valence electrons. The molecule has 0 amide bonds. The average Bonchev–Trinajstić information content (AvgIpc) is 2.53. The highest BCUT2D eigenvalue weighted by Crippen LogP contribution is 2.17. The first-order chi connectivity index (χ1) is 6.63. The second kappa shape index (κ2) is 5.32. The SMILES string of the molecule is COCC1CCN(CC(C)C(=N)N)C1. The molecule has 4 heteroatoms. The summed E-state index contributed by atoms with van der Waals surface area (Å²) in [5, 5.41) is 7.32. The van der Waals surface area contributed by atoms with Gasteiger partial charge in [0.05, 0.1) is 12.4 Å². The summed E-state index contributed by atoms with van der Waals surface area (Å²) in [7, 11) is 1.75. The Balaban J connectivity index is 2.25. The Morgan fingerprint density at radius 3 is 3.00 bits per heavy atom. The van der Waals surface area contributed by atoms with E-state index in [0.29, 0.717) is 11.8 Å². The van der Waals surface area contributed by atoms with E-state index in [0.717, 1.165) is 26.2 Å². The Kier molecular flexibility index (Phi) is 4.35. The van der Waals surface area contributed by atoms with Gasteiger partial charge in [-0.1, -0.05) is 6.92 Å². The first kappa shape index (κ1) is 11.5. The molecule has 0 bridgehead atoms. The van der Waals surface area contributed by atoms with Gasteiger partial charge in [-0.2, -0.15) is 0 Å². The zero-order chi connectivity index (χ0) is 10.6. The Labute approximate surface area is 85.9 Å². The second-order valence-electron chi connectivity index (χ2n) is 4.23. The maximum absolute atomic E-state index is 7.32. The number of hydrogen-bond acceptors (Lipinski definition) is 3.